The lowest BCUT2D eigenvalue weighted by Gasteiger charge is -2.30. The van der Waals surface area contributed by atoms with Gasteiger partial charge in [-0.3, -0.25) is 14.7 Å². The van der Waals surface area contributed by atoms with Gasteiger partial charge in [0, 0.05) is 17.7 Å². The van der Waals surface area contributed by atoms with Crippen molar-refractivity contribution in [3.05, 3.63) is 59.2 Å². The monoisotopic (exact) mass is 502 g/mol. The van der Waals surface area contributed by atoms with Crippen molar-refractivity contribution in [2.75, 3.05) is 27.9 Å². The summed E-state index contributed by atoms with van der Waals surface area (Å²) in [5, 5.41) is 2.37. The minimum atomic E-state index is -4.40. The van der Waals surface area contributed by atoms with Crippen LogP contribution >= 0.6 is 0 Å². The van der Waals surface area contributed by atoms with E-state index in [9.17, 15) is 22.8 Å². The lowest BCUT2D eigenvalue weighted by Crippen LogP contribution is -2.60. The maximum absolute atomic E-state index is 13.1. The molecule has 0 fully saturated rings. The van der Waals surface area contributed by atoms with E-state index in [4.69, 9.17) is 14.0 Å². The molecule has 2 aromatic rings. The smallest absolute Gasteiger partial charge is 0.408 e. The third kappa shape index (κ3) is 5.53. The van der Waals surface area contributed by atoms with E-state index >= 15 is 0 Å². The lowest BCUT2D eigenvalue weighted by atomic mass is 9.98. The molecule has 184 valence electrons. The highest BCUT2D eigenvalue weighted by Crippen LogP contribution is 2.28. The number of nitrogens with zero attached hydrogens (tertiary/aromatic N) is 1. The summed E-state index contributed by atoms with van der Waals surface area (Å²) in [6.45, 7) is -0.231. The first kappa shape index (κ1) is 25.5. The zero-order valence-electron chi connectivity index (χ0n) is 19.0. The first-order valence-corrected chi connectivity index (χ1v) is 11.5. The summed E-state index contributed by atoms with van der Waals surface area (Å²) in [6, 6.07) is 9.86. The fourth-order valence-corrected chi connectivity index (χ4v) is 3.93. The second-order valence-electron chi connectivity index (χ2n) is 7.45. The number of alkyl carbamates (subject to hydrolysis) is 1. The number of nitrogens with one attached hydrogen (secondary N) is 1. The van der Waals surface area contributed by atoms with Crippen molar-refractivity contribution in [2.24, 2.45) is 0 Å². The Morgan fingerprint density at radius 2 is 1.80 bits per heavy atom. The summed E-state index contributed by atoms with van der Waals surface area (Å²) in [6.07, 6.45) is -0.989. The minimum Gasteiger partial charge on any atom is -0.497 e. The molecule has 2 amide bonds. The van der Waals surface area contributed by atoms with Crippen LogP contribution in [0.25, 0.3) is 0 Å². The van der Waals surface area contributed by atoms with Gasteiger partial charge >= 0.3 is 12.1 Å². The molecule has 0 saturated heterocycles. The van der Waals surface area contributed by atoms with Gasteiger partial charge in [-0.1, -0.05) is 17.9 Å². The minimum absolute atomic E-state index is 0.143. The SMILES string of the molecule is COC(=O)N[C@](C#Cc1ccc(S(=O)(=O)O)cc1)(CN1Cc2ccc(OC)cc2C1=O)C(=O)OC. The standard InChI is InChI=1S/C23H22N2O9S/c1-32-17-7-6-16-13-25(20(26)19(16)12-17)14-23(21(27)33-2,24-22(28)34-3)11-10-15-4-8-18(9-5-15)35(29,30)31/h4-9,12H,13-14H2,1-3H3,(H,24,28)(H,29,30,31)/t23-/m1/s1. The molecule has 11 nitrogen and oxygen atoms in total. The lowest BCUT2D eigenvalue weighted by molar-refractivity contribution is -0.146. The van der Waals surface area contributed by atoms with Crippen molar-refractivity contribution < 1.29 is 41.6 Å². The number of hydrogen-bond acceptors (Lipinski definition) is 8. The Bertz CT molecular complexity index is 1330. The van der Waals surface area contributed by atoms with Gasteiger partial charge in [0.1, 0.15) is 5.75 Å². The molecule has 0 radical (unpaired) electrons. The highest BCUT2D eigenvalue weighted by molar-refractivity contribution is 7.85. The molecule has 0 unspecified atom stereocenters. The Morgan fingerprint density at radius 3 is 2.37 bits per heavy atom. The number of hydrogen-bond donors (Lipinski definition) is 2. The predicted molar refractivity (Wildman–Crippen MR) is 121 cm³/mol. The van der Waals surface area contributed by atoms with E-state index in [-0.39, 0.29) is 23.5 Å². The van der Waals surface area contributed by atoms with Gasteiger partial charge in [-0.2, -0.15) is 8.42 Å². The van der Waals surface area contributed by atoms with E-state index < -0.39 is 33.6 Å². The second-order valence-corrected chi connectivity index (χ2v) is 8.87. The highest BCUT2D eigenvalue weighted by atomic mass is 32.2. The summed E-state index contributed by atoms with van der Waals surface area (Å²) in [5.74, 6) is 4.46. The maximum Gasteiger partial charge on any atom is 0.408 e. The molecule has 3 rings (SSSR count). The van der Waals surface area contributed by atoms with E-state index in [0.29, 0.717) is 16.9 Å². The van der Waals surface area contributed by atoms with Crippen LogP contribution in [0.2, 0.25) is 0 Å². The fraction of sp³-hybridized carbons (Fsp3) is 0.261. The molecule has 2 N–H and O–H groups in total. The van der Waals surface area contributed by atoms with Crippen LogP contribution in [0.5, 0.6) is 5.75 Å². The molecular weight excluding hydrogens is 480 g/mol. The van der Waals surface area contributed by atoms with Crippen molar-refractivity contribution in [3.8, 4) is 17.6 Å². The van der Waals surface area contributed by atoms with E-state index in [0.717, 1.165) is 26.4 Å². The normalized spacial score (nSPS) is 14.2. The summed E-state index contributed by atoms with van der Waals surface area (Å²) in [4.78, 5) is 39.1. The number of ether oxygens (including phenoxy) is 3. The number of amides is 2. The Morgan fingerprint density at radius 1 is 1.11 bits per heavy atom. The van der Waals surface area contributed by atoms with Crippen LogP contribution in [-0.2, 0) is 30.9 Å². The molecule has 35 heavy (non-hydrogen) atoms. The average molecular weight is 503 g/mol. The molecule has 1 aliphatic heterocycles. The third-order valence-electron chi connectivity index (χ3n) is 5.23. The van der Waals surface area contributed by atoms with Crippen molar-refractivity contribution >= 4 is 28.1 Å². The quantitative estimate of drug-likeness (QED) is 0.338. The van der Waals surface area contributed by atoms with Crippen molar-refractivity contribution in [3.63, 3.8) is 0 Å². The first-order chi connectivity index (χ1) is 16.5. The van der Waals surface area contributed by atoms with Crippen molar-refractivity contribution in [1.29, 1.82) is 0 Å². The van der Waals surface area contributed by atoms with Crippen LogP contribution in [-0.4, -0.2) is 69.3 Å². The summed E-state index contributed by atoms with van der Waals surface area (Å²) in [5.41, 5.74) is -0.680. The molecule has 0 saturated carbocycles. The first-order valence-electron chi connectivity index (χ1n) is 10.0. The van der Waals surface area contributed by atoms with Crippen molar-refractivity contribution in [1.82, 2.24) is 10.2 Å². The average Bonchev–Trinajstić information content (AvgIpc) is 3.15. The number of rotatable bonds is 6. The van der Waals surface area contributed by atoms with E-state index in [1.165, 1.54) is 24.1 Å². The van der Waals surface area contributed by atoms with Gasteiger partial charge < -0.3 is 19.1 Å². The van der Waals surface area contributed by atoms with Crippen LogP contribution in [0, 0.1) is 11.8 Å². The molecule has 0 aliphatic carbocycles. The number of carbonyl (C=O) groups excluding carboxylic acids is 3. The second kappa shape index (κ2) is 10.0. The molecule has 0 bridgehead atoms. The molecule has 0 aromatic heterocycles. The molecule has 2 aromatic carbocycles. The van der Waals surface area contributed by atoms with Crippen LogP contribution in [0.3, 0.4) is 0 Å². The number of benzene rings is 2. The fourth-order valence-electron chi connectivity index (χ4n) is 3.45. The van der Waals surface area contributed by atoms with Crippen LogP contribution in [0.15, 0.2) is 47.4 Å². The number of methoxy groups -OCH3 is 3. The maximum atomic E-state index is 13.1. The zero-order valence-corrected chi connectivity index (χ0v) is 19.8. The van der Waals surface area contributed by atoms with E-state index in [1.807, 2.05) is 0 Å². The zero-order chi connectivity index (χ0) is 25.8. The molecule has 0 spiro atoms. The Hall–Kier alpha value is -4.08. The Balaban J connectivity index is 2.01. The summed E-state index contributed by atoms with van der Waals surface area (Å²) in [7, 11) is -0.729. The van der Waals surface area contributed by atoms with Gasteiger partial charge in [0.25, 0.3) is 16.0 Å². The van der Waals surface area contributed by atoms with Crippen LogP contribution < -0.4 is 10.1 Å². The molecule has 1 heterocycles. The van der Waals surface area contributed by atoms with Crippen LogP contribution in [0.1, 0.15) is 21.5 Å². The number of esters is 1. The van der Waals surface area contributed by atoms with Crippen LogP contribution in [0.4, 0.5) is 4.79 Å². The summed E-state index contributed by atoms with van der Waals surface area (Å²) < 4.78 is 46.3. The third-order valence-corrected chi connectivity index (χ3v) is 6.10. The van der Waals surface area contributed by atoms with Gasteiger partial charge in [-0.05, 0) is 42.0 Å². The highest BCUT2D eigenvalue weighted by Gasteiger charge is 2.45. The summed E-state index contributed by atoms with van der Waals surface area (Å²) >= 11 is 0. The van der Waals surface area contributed by atoms with Gasteiger partial charge in [-0.15, -0.1) is 0 Å². The molecule has 1 aliphatic rings. The Kier molecular flexibility index (Phi) is 7.33. The molecule has 1 atom stereocenters. The molecular formula is C23H22N2O9S. The number of carbonyl (C=O) groups is 3. The van der Waals surface area contributed by atoms with E-state index in [1.54, 1.807) is 18.2 Å². The molecule has 12 heteroatoms. The van der Waals surface area contributed by atoms with Gasteiger partial charge in [0.2, 0.25) is 5.54 Å². The largest absolute Gasteiger partial charge is 0.497 e. The topological polar surface area (TPSA) is 149 Å². The number of fused-ring (bicyclic) bond motifs is 1. The van der Waals surface area contributed by atoms with Gasteiger partial charge in [-0.25, -0.2) is 9.59 Å². The van der Waals surface area contributed by atoms with Gasteiger partial charge in [0.15, 0.2) is 0 Å². The predicted octanol–water partition coefficient (Wildman–Crippen LogP) is 1.22. The van der Waals surface area contributed by atoms with Gasteiger partial charge in [0.05, 0.1) is 32.8 Å². The van der Waals surface area contributed by atoms with Crippen molar-refractivity contribution in [2.45, 2.75) is 17.0 Å². The Labute approximate surface area is 201 Å². The van der Waals surface area contributed by atoms with E-state index in [2.05, 4.69) is 21.9 Å².